The second kappa shape index (κ2) is 4.31. The standard InChI is InChI=1S/C9H7BrN4O2/c10-6-1-2-7(12-5-6)14-8(3-4-13-14)16-9(11)15/h1-5H,(H2,11,15). The van der Waals surface area contributed by atoms with Gasteiger partial charge in [0, 0.05) is 16.7 Å². The highest BCUT2D eigenvalue weighted by molar-refractivity contribution is 9.10. The Kier molecular flexibility index (Phi) is 2.86. The highest BCUT2D eigenvalue weighted by Crippen LogP contribution is 2.16. The minimum atomic E-state index is -0.890. The summed E-state index contributed by atoms with van der Waals surface area (Å²) in [6, 6.07) is 5.05. The maximum Gasteiger partial charge on any atom is 0.411 e. The molecule has 2 aromatic heterocycles. The quantitative estimate of drug-likeness (QED) is 0.905. The molecule has 2 N–H and O–H groups in total. The van der Waals surface area contributed by atoms with Gasteiger partial charge in [0.15, 0.2) is 5.82 Å². The monoisotopic (exact) mass is 282 g/mol. The van der Waals surface area contributed by atoms with Crippen molar-refractivity contribution >= 4 is 22.0 Å². The molecule has 0 unspecified atom stereocenters. The normalized spacial score (nSPS) is 10.1. The molecule has 82 valence electrons. The second-order valence-corrected chi connectivity index (χ2v) is 3.75. The first kappa shape index (κ1) is 10.6. The predicted octanol–water partition coefficient (Wildman–Crippen LogP) is 1.49. The molecule has 0 aliphatic carbocycles. The van der Waals surface area contributed by atoms with Gasteiger partial charge in [-0.05, 0) is 28.1 Å². The lowest BCUT2D eigenvalue weighted by Gasteiger charge is -2.04. The van der Waals surface area contributed by atoms with Crippen molar-refractivity contribution in [3.63, 3.8) is 0 Å². The van der Waals surface area contributed by atoms with Crippen LogP contribution in [0.5, 0.6) is 5.88 Å². The number of hydrogen-bond donors (Lipinski definition) is 1. The van der Waals surface area contributed by atoms with Crippen LogP contribution in [0.2, 0.25) is 0 Å². The zero-order valence-electron chi connectivity index (χ0n) is 8.00. The summed E-state index contributed by atoms with van der Waals surface area (Å²) in [4.78, 5) is 14.7. The topological polar surface area (TPSA) is 83.0 Å². The van der Waals surface area contributed by atoms with Crippen molar-refractivity contribution in [1.82, 2.24) is 14.8 Å². The van der Waals surface area contributed by atoms with E-state index >= 15 is 0 Å². The first-order chi connectivity index (χ1) is 7.66. The van der Waals surface area contributed by atoms with Crippen molar-refractivity contribution in [3.8, 4) is 11.7 Å². The molecule has 0 saturated carbocycles. The van der Waals surface area contributed by atoms with Crippen LogP contribution in [0, 0.1) is 0 Å². The maximum atomic E-state index is 10.6. The van der Waals surface area contributed by atoms with Crippen LogP contribution >= 0.6 is 15.9 Å². The van der Waals surface area contributed by atoms with E-state index in [4.69, 9.17) is 10.5 Å². The van der Waals surface area contributed by atoms with Crippen LogP contribution in [0.4, 0.5) is 4.79 Å². The summed E-state index contributed by atoms with van der Waals surface area (Å²) in [5.74, 6) is 0.756. The number of carbonyl (C=O) groups excluding carboxylic acids is 1. The zero-order valence-corrected chi connectivity index (χ0v) is 9.59. The number of primary amides is 1. The van der Waals surface area contributed by atoms with E-state index in [9.17, 15) is 4.79 Å². The van der Waals surface area contributed by atoms with Gasteiger partial charge in [0.2, 0.25) is 5.88 Å². The van der Waals surface area contributed by atoms with E-state index in [1.54, 1.807) is 18.3 Å². The first-order valence-electron chi connectivity index (χ1n) is 4.30. The molecule has 0 aromatic carbocycles. The van der Waals surface area contributed by atoms with Gasteiger partial charge in [-0.2, -0.15) is 9.78 Å². The molecule has 2 rings (SSSR count). The molecule has 0 aliphatic heterocycles. The average molecular weight is 283 g/mol. The van der Waals surface area contributed by atoms with Gasteiger partial charge in [-0.25, -0.2) is 9.78 Å². The van der Waals surface area contributed by atoms with E-state index in [0.717, 1.165) is 4.47 Å². The summed E-state index contributed by atoms with van der Waals surface area (Å²) < 4.78 is 6.98. The van der Waals surface area contributed by atoms with Crippen molar-refractivity contribution in [1.29, 1.82) is 0 Å². The number of pyridine rings is 1. The number of hydrogen-bond acceptors (Lipinski definition) is 4. The van der Waals surface area contributed by atoms with Crippen LogP contribution in [0.15, 0.2) is 35.1 Å². The van der Waals surface area contributed by atoms with Crippen LogP contribution in [0.3, 0.4) is 0 Å². The summed E-state index contributed by atoms with van der Waals surface area (Å²) >= 11 is 3.27. The van der Waals surface area contributed by atoms with E-state index in [0.29, 0.717) is 5.82 Å². The third kappa shape index (κ3) is 2.19. The Morgan fingerprint density at radius 2 is 2.25 bits per heavy atom. The molecule has 0 saturated heterocycles. The Balaban J connectivity index is 2.36. The predicted molar refractivity (Wildman–Crippen MR) is 59.3 cm³/mol. The van der Waals surface area contributed by atoms with Crippen molar-refractivity contribution in [2.24, 2.45) is 5.73 Å². The van der Waals surface area contributed by atoms with Gasteiger partial charge < -0.3 is 10.5 Å². The van der Waals surface area contributed by atoms with Crippen LogP contribution in [0.25, 0.3) is 5.82 Å². The van der Waals surface area contributed by atoms with Crippen LogP contribution < -0.4 is 10.5 Å². The Morgan fingerprint density at radius 1 is 1.44 bits per heavy atom. The molecule has 0 radical (unpaired) electrons. The van der Waals surface area contributed by atoms with Crippen molar-refractivity contribution < 1.29 is 9.53 Å². The average Bonchev–Trinajstić information content (AvgIpc) is 2.66. The summed E-state index contributed by atoms with van der Waals surface area (Å²) in [7, 11) is 0. The molecule has 0 atom stereocenters. The molecule has 0 bridgehead atoms. The molecule has 6 nitrogen and oxygen atoms in total. The molecular formula is C9H7BrN4O2. The van der Waals surface area contributed by atoms with Crippen LogP contribution in [-0.2, 0) is 0 Å². The zero-order chi connectivity index (χ0) is 11.5. The number of nitrogens with two attached hydrogens (primary N) is 1. The Bertz CT molecular complexity index is 508. The van der Waals surface area contributed by atoms with Crippen LogP contribution in [-0.4, -0.2) is 20.9 Å². The third-order valence-electron chi connectivity index (χ3n) is 1.74. The molecule has 1 amide bonds. The van der Waals surface area contributed by atoms with Crippen molar-refractivity contribution in [3.05, 3.63) is 35.1 Å². The van der Waals surface area contributed by atoms with Gasteiger partial charge in [0.05, 0.1) is 6.20 Å². The SMILES string of the molecule is NC(=O)Oc1ccnn1-c1ccc(Br)cn1. The summed E-state index contributed by atoms with van der Waals surface area (Å²) in [6.07, 6.45) is 2.21. The first-order valence-corrected chi connectivity index (χ1v) is 5.09. The number of halogens is 1. The second-order valence-electron chi connectivity index (χ2n) is 2.84. The molecular weight excluding hydrogens is 276 g/mol. The Morgan fingerprint density at radius 3 is 2.88 bits per heavy atom. The lowest BCUT2D eigenvalue weighted by Crippen LogP contribution is -2.18. The molecule has 16 heavy (non-hydrogen) atoms. The number of nitrogens with zero attached hydrogens (tertiary/aromatic N) is 3. The summed E-state index contributed by atoms with van der Waals surface area (Å²) in [6.45, 7) is 0. The number of aromatic nitrogens is 3. The minimum absolute atomic E-state index is 0.224. The maximum absolute atomic E-state index is 10.6. The lowest BCUT2D eigenvalue weighted by molar-refractivity contribution is 0.207. The fraction of sp³-hybridized carbons (Fsp3) is 0. The summed E-state index contributed by atoms with van der Waals surface area (Å²) in [5, 5.41) is 3.98. The molecule has 0 fully saturated rings. The molecule has 0 aliphatic rings. The smallest absolute Gasteiger partial charge is 0.391 e. The molecule has 0 spiro atoms. The van der Waals surface area contributed by atoms with E-state index < -0.39 is 6.09 Å². The summed E-state index contributed by atoms with van der Waals surface area (Å²) in [5.41, 5.74) is 4.92. The van der Waals surface area contributed by atoms with Crippen LogP contribution in [0.1, 0.15) is 0 Å². The number of amides is 1. The number of rotatable bonds is 2. The van der Waals surface area contributed by atoms with E-state index in [1.165, 1.54) is 16.9 Å². The van der Waals surface area contributed by atoms with Gasteiger partial charge in [0.25, 0.3) is 0 Å². The number of carbonyl (C=O) groups is 1. The molecule has 2 aromatic rings. The molecule has 2 heterocycles. The van der Waals surface area contributed by atoms with E-state index in [1.807, 2.05) is 0 Å². The largest absolute Gasteiger partial charge is 0.411 e. The Hall–Kier alpha value is -1.89. The number of ether oxygens (including phenoxy) is 1. The molecule has 7 heteroatoms. The van der Waals surface area contributed by atoms with Gasteiger partial charge in [0.1, 0.15) is 0 Å². The third-order valence-corrected chi connectivity index (χ3v) is 2.21. The fourth-order valence-corrected chi connectivity index (χ4v) is 1.37. The van der Waals surface area contributed by atoms with E-state index in [2.05, 4.69) is 26.0 Å². The highest BCUT2D eigenvalue weighted by atomic mass is 79.9. The van der Waals surface area contributed by atoms with Crippen molar-refractivity contribution in [2.75, 3.05) is 0 Å². The highest BCUT2D eigenvalue weighted by Gasteiger charge is 2.09. The van der Waals surface area contributed by atoms with Gasteiger partial charge in [-0.3, -0.25) is 0 Å². The lowest BCUT2D eigenvalue weighted by atomic mass is 10.5. The Labute approximate surface area is 99.2 Å². The fourth-order valence-electron chi connectivity index (χ4n) is 1.14. The van der Waals surface area contributed by atoms with Crippen molar-refractivity contribution in [2.45, 2.75) is 0 Å². The minimum Gasteiger partial charge on any atom is -0.391 e. The van der Waals surface area contributed by atoms with E-state index in [-0.39, 0.29) is 5.88 Å². The van der Waals surface area contributed by atoms with Gasteiger partial charge in [-0.1, -0.05) is 0 Å². The van der Waals surface area contributed by atoms with Gasteiger partial charge in [-0.15, -0.1) is 0 Å². The van der Waals surface area contributed by atoms with Gasteiger partial charge >= 0.3 is 6.09 Å².